The van der Waals surface area contributed by atoms with Crippen LogP contribution in [0.2, 0.25) is 0 Å². The first-order chi connectivity index (χ1) is 8.81. The molecule has 0 bridgehead atoms. The fourth-order valence-electron chi connectivity index (χ4n) is 1.98. The summed E-state index contributed by atoms with van der Waals surface area (Å²) in [5.41, 5.74) is 0. The molecule has 0 rings (SSSR count). The molecular formula is C16H30O2. The van der Waals surface area contributed by atoms with E-state index in [0.717, 1.165) is 19.3 Å². The molecule has 106 valence electrons. The number of hydrogen-bond acceptors (Lipinski definition) is 2. The van der Waals surface area contributed by atoms with E-state index >= 15 is 0 Å². The first kappa shape index (κ1) is 17.2. The van der Waals surface area contributed by atoms with Crippen LogP contribution in [0.3, 0.4) is 0 Å². The molecule has 0 N–H and O–H groups in total. The molecule has 0 amide bonds. The highest BCUT2D eigenvalue weighted by atomic mass is 16.5. The van der Waals surface area contributed by atoms with Crippen molar-refractivity contribution in [3.63, 3.8) is 0 Å². The summed E-state index contributed by atoms with van der Waals surface area (Å²) in [6.07, 6.45) is 17.6. The quantitative estimate of drug-likeness (QED) is 0.277. The zero-order valence-electron chi connectivity index (χ0n) is 12.2. The maximum atomic E-state index is 10.9. The fraction of sp³-hybridized carbons (Fsp3) is 0.812. The van der Waals surface area contributed by atoms with Crippen LogP contribution >= 0.6 is 0 Å². The van der Waals surface area contributed by atoms with E-state index in [1.807, 2.05) is 0 Å². The third kappa shape index (κ3) is 13.3. The highest BCUT2D eigenvalue weighted by Gasteiger charge is 1.98. The molecule has 0 aromatic heterocycles. The molecule has 0 spiro atoms. The summed E-state index contributed by atoms with van der Waals surface area (Å²) in [7, 11) is 1.46. The first-order valence-corrected chi connectivity index (χ1v) is 7.53. The van der Waals surface area contributed by atoms with E-state index in [2.05, 4.69) is 23.8 Å². The molecule has 0 aromatic carbocycles. The molecule has 18 heavy (non-hydrogen) atoms. The third-order valence-corrected chi connectivity index (χ3v) is 3.13. The number of carbonyl (C=O) groups excluding carboxylic acids is 1. The Morgan fingerprint density at radius 2 is 1.44 bits per heavy atom. The van der Waals surface area contributed by atoms with Crippen LogP contribution in [0.5, 0.6) is 0 Å². The topological polar surface area (TPSA) is 26.3 Å². The number of rotatable bonds is 12. The van der Waals surface area contributed by atoms with Crippen LogP contribution in [0, 0.1) is 0 Å². The highest BCUT2D eigenvalue weighted by molar-refractivity contribution is 5.68. The Morgan fingerprint density at radius 1 is 0.889 bits per heavy atom. The van der Waals surface area contributed by atoms with E-state index in [9.17, 15) is 4.79 Å². The van der Waals surface area contributed by atoms with E-state index in [-0.39, 0.29) is 5.97 Å². The molecule has 0 saturated heterocycles. The van der Waals surface area contributed by atoms with Crippen LogP contribution < -0.4 is 0 Å². The Kier molecular flexibility index (Phi) is 13.6. The zero-order chi connectivity index (χ0) is 13.5. The van der Waals surface area contributed by atoms with Gasteiger partial charge in [0, 0.05) is 6.42 Å². The average Bonchev–Trinajstić information content (AvgIpc) is 2.39. The van der Waals surface area contributed by atoms with Crippen molar-refractivity contribution in [2.45, 2.75) is 77.6 Å². The maximum Gasteiger partial charge on any atom is 0.305 e. The largest absolute Gasteiger partial charge is 0.469 e. The van der Waals surface area contributed by atoms with Gasteiger partial charge in [0.05, 0.1) is 7.11 Å². The number of unbranched alkanes of at least 4 members (excludes halogenated alkanes) is 8. The lowest BCUT2D eigenvalue weighted by Gasteiger charge is -2.01. The van der Waals surface area contributed by atoms with Crippen molar-refractivity contribution in [1.82, 2.24) is 0 Å². The van der Waals surface area contributed by atoms with Crippen molar-refractivity contribution in [3.8, 4) is 0 Å². The summed E-state index contributed by atoms with van der Waals surface area (Å²) < 4.78 is 4.61. The van der Waals surface area contributed by atoms with Gasteiger partial charge in [0.2, 0.25) is 0 Å². The van der Waals surface area contributed by atoms with E-state index in [1.165, 1.54) is 52.1 Å². The molecular weight excluding hydrogens is 224 g/mol. The molecule has 0 radical (unpaired) electrons. The first-order valence-electron chi connectivity index (χ1n) is 7.53. The van der Waals surface area contributed by atoms with Crippen molar-refractivity contribution in [1.29, 1.82) is 0 Å². The summed E-state index contributed by atoms with van der Waals surface area (Å²) in [6.45, 7) is 2.18. The molecule has 2 nitrogen and oxygen atoms in total. The van der Waals surface area contributed by atoms with Crippen molar-refractivity contribution in [2.75, 3.05) is 7.11 Å². The highest BCUT2D eigenvalue weighted by Crippen LogP contribution is 2.11. The van der Waals surface area contributed by atoms with Crippen molar-refractivity contribution in [2.24, 2.45) is 0 Å². The number of esters is 1. The van der Waals surface area contributed by atoms with E-state index in [4.69, 9.17) is 0 Å². The van der Waals surface area contributed by atoms with Gasteiger partial charge in [-0.25, -0.2) is 0 Å². The number of methoxy groups -OCH3 is 1. The Hall–Kier alpha value is -0.790. The van der Waals surface area contributed by atoms with Crippen LogP contribution in [0.15, 0.2) is 12.2 Å². The molecule has 0 unspecified atom stereocenters. The van der Waals surface area contributed by atoms with Gasteiger partial charge in [-0.15, -0.1) is 0 Å². The van der Waals surface area contributed by atoms with Gasteiger partial charge in [0.1, 0.15) is 0 Å². The maximum absolute atomic E-state index is 10.9. The van der Waals surface area contributed by atoms with E-state index in [0.29, 0.717) is 6.42 Å². The number of ether oxygens (including phenoxy) is 1. The molecule has 0 aliphatic carbocycles. The minimum atomic E-state index is -0.0740. The van der Waals surface area contributed by atoms with Crippen LogP contribution in [0.4, 0.5) is 0 Å². The SMILES string of the molecule is CC/C=C\CCCCCCCCCCC(=O)OC. The van der Waals surface area contributed by atoms with Crippen LogP contribution in [0.25, 0.3) is 0 Å². The summed E-state index contributed by atoms with van der Waals surface area (Å²) in [5.74, 6) is -0.0740. The third-order valence-electron chi connectivity index (χ3n) is 3.13. The summed E-state index contributed by atoms with van der Waals surface area (Å²) in [5, 5.41) is 0. The Labute approximate surface area is 113 Å². The fourth-order valence-corrected chi connectivity index (χ4v) is 1.98. The van der Waals surface area contributed by atoms with Crippen LogP contribution in [-0.2, 0) is 9.53 Å². The second kappa shape index (κ2) is 14.3. The van der Waals surface area contributed by atoms with Gasteiger partial charge in [-0.05, 0) is 25.7 Å². The van der Waals surface area contributed by atoms with E-state index in [1.54, 1.807) is 0 Å². The summed E-state index contributed by atoms with van der Waals surface area (Å²) in [6, 6.07) is 0. The Bertz CT molecular complexity index is 209. The van der Waals surface area contributed by atoms with Crippen LogP contribution in [0.1, 0.15) is 77.6 Å². The molecule has 0 aromatic rings. The lowest BCUT2D eigenvalue weighted by Crippen LogP contribution is -1.99. The number of carbonyl (C=O) groups is 1. The van der Waals surface area contributed by atoms with Crippen molar-refractivity contribution in [3.05, 3.63) is 12.2 Å². The van der Waals surface area contributed by atoms with Gasteiger partial charge in [-0.3, -0.25) is 4.79 Å². The summed E-state index contributed by atoms with van der Waals surface area (Å²) >= 11 is 0. The minimum Gasteiger partial charge on any atom is -0.469 e. The predicted molar refractivity (Wildman–Crippen MR) is 77.6 cm³/mol. The van der Waals surface area contributed by atoms with Gasteiger partial charge < -0.3 is 4.74 Å². The molecule has 2 heteroatoms. The van der Waals surface area contributed by atoms with Crippen molar-refractivity contribution >= 4 is 5.97 Å². The zero-order valence-corrected chi connectivity index (χ0v) is 12.2. The molecule has 0 fully saturated rings. The smallest absolute Gasteiger partial charge is 0.305 e. The lowest BCUT2D eigenvalue weighted by molar-refractivity contribution is -0.140. The molecule has 0 aliphatic heterocycles. The van der Waals surface area contributed by atoms with Crippen molar-refractivity contribution < 1.29 is 9.53 Å². The summed E-state index contributed by atoms with van der Waals surface area (Å²) in [4.78, 5) is 10.9. The monoisotopic (exact) mass is 254 g/mol. The lowest BCUT2D eigenvalue weighted by atomic mass is 10.1. The second-order valence-corrected chi connectivity index (χ2v) is 4.82. The number of allylic oxidation sites excluding steroid dienone is 2. The van der Waals surface area contributed by atoms with E-state index < -0.39 is 0 Å². The molecule has 0 aliphatic rings. The average molecular weight is 254 g/mol. The Balaban J connectivity index is 3.03. The normalized spacial score (nSPS) is 11.0. The number of hydrogen-bond donors (Lipinski definition) is 0. The Morgan fingerprint density at radius 3 is 2.00 bits per heavy atom. The predicted octanol–water partition coefficient (Wildman–Crippen LogP) is 5.03. The minimum absolute atomic E-state index is 0.0740. The van der Waals surface area contributed by atoms with Gasteiger partial charge in [-0.1, -0.05) is 57.6 Å². The molecule has 0 heterocycles. The van der Waals surface area contributed by atoms with Gasteiger partial charge in [0.25, 0.3) is 0 Å². The van der Waals surface area contributed by atoms with Crippen LogP contribution in [-0.4, -0.2) is 13.1 Å². The second-order valence-electron chi connectivity index (χ2n) is 4.82. The standard InChI is InChI=1S/C16H30O2/c1-3-4-5-6-7-8-9-10-11-12-13-14-15-16(17)18-2/h4-5H,3,6-15H2,1-2H3/b5-4-. The van der Waals surface area contributed by atoms with Gasteiger partial charge in [0.15, 0.2) is 0 Å². The van der Waals surface area contributed by atoms with Gasteiger partial charge in [-0.2, -0.15) is 0 Å². The molecule has 0 saturated carbocycles. The van der Waals surface area contributed by atoms with Gasteiger partial charge >= 0.3 is 5.97 Å². The molecule has 0 atom stereocenters.